The Kier molecular flexibility index (Phi) is 5.22. The summed E-state index contributed by atoms with van der Waals surface area (Å²) in [6.45, 7) is 10.2. The molecule has 96 valence electrons. The average molecular weight is 227 g/mol. The van der Waals surface area contributed by atoms with E-state index in [9.17, 15) is 0 Å². The van der Waals surface area contributed by atoms with Gasteiger partial charge < -0.3 is 15.5 Å². The van der Waals surface area contributed by atoms with Crippen LogP contribution in [0.1, 0.15) is 26.7 Å². The summed E-state index contributed by atoms with van der Waals surface area (Å²) >= 11 is 0. The number of likely N-dealkylation sites (tertiary alicyclic amines) is 1. The first kappa shape index (κ1) is 13.9. The minimum Gasteiger partial charge on any atom is -0.330 e. The third kappa shape index (κ3) is 4.04. The summed E-state index contributed by atoms with van der Waals surface area (Å²) in [5.74, 6) is 0.855. The fourth-order valence-electron chi connectivity index (χ4n) is 2.65. The van der Waals surface area contributed by atoms with Gasteiger partial charge >= 0.3 is 0 Å². The molecule has 3 heteroatoms. The third-order valence-electron chi connectivity index (χ3n) is 4.06. The summed E-state index contributed by atoms with van der Waals surface area (Å²) in [5.41, 5.74) is 6.15. The molecule has 0 spiro atoms. The second kappa shape index (κ2) is 5.99. The van der Waals surface area contributed by atoms with Gasteiger partial charge in [-0.25, -0.2) is 0 Å². The van der Waals surface area contributed by atoms with E-state index in [-0.39, 0.29) is 0 Å². The SMILES string of the molecule is CCC(C)(CN)CN(C)CC1CCN(C)C1. The Hall–Kier alpha value is -0.120. The van der Waals surface area contributed by atoms with Crippen LogP contribution in [0.4, 0.5) is 0 Å². The van der Waals surface area contributed by atoms with Crippen molar-refractivity contribution in [3.63, 3.8) is 0 Å². The van der Waals surface area contributed by atoms with Gasteiger partial charge in [0, 0.05) is 19.6 Å². The highest BCUT2D eigenvalue weighted by Crippen LogP contribution is 2.22. The molecule has 2 atom stereocenters. The molecule has 1 saturated heterocycles. The second-order valence-electron chi connectivity index (χ2n) is 5.98. The van der Waals surface area contributed by atoms with Crippen molar-refractivity contribution in [1.29, 1.82) is 0 Å². The van der Waals surface area contributed by atoms with Crippen LogP contribution in [0.25, 0.3) is 0 Å². The fourth-order valence-corrected chi connectivity index (χ4v) is 2.65. The third-order valence-corrected chi connectivity index (χ3v) is 4.06. The average Bonchev–Trinajstić information content (AvgIpc) is 2.63. The minimum atomic E-state index is 0.291. The summed E-state index contributed by atoms with van der Waals surface area (Å²) in [5, 5.41) is 0. The van der Waals surface area contributed by atoms with Crippen molar-refractivity contribution in [2.24, 2.45) is 17.1 Å². The van der Waals surface area contributed by atoms with Crippen LogP contribution in [0, 0.1) is 11.3 Å². The first-order valence-electron chi connectivity index (χ1n) is 6.56. The molecule has 0 aromatic carbocycles. The van der Waals surface area contributed by atoms with Gasteiger partial charge in [0.1, 0.15) is 0 Å². The van der Waals surface area contributed by atoms with Crippen molar-refractivity contribution >= 4 is 0 Å². The van der Waals surface area contributed by atoms with Crippen LogP contribution in [0.15, 0.2) is 0 Å². The van der Waals surface area contributed by atoms with E-state index in [0.717, 1.165) is 19.0 Å². The lowest BCUT2D eigenvalue weighted by Crippen LogP contribution is -2.40. The Balaban J connectivity index is 2.32. The van der Waals surface area contributed by atoms with Crippen molar-refractivity contribution < 1.29 is 0 Å². The van der Waals surface area contributed by atoms with E-state index < -0.39 is 0 Å². The summed E-state index contributed by atoms with van der Waals surface area (Å²) < 4.78 is 0. The maximum Gasteiger partial charge on any atom is 0.00444 e. The lowest BCUT2D eigenvalue weighted by atomic mass is 9.87. The van der Waals surface area contributed by atoms with Crippen LogP contribution in [-0.4, -0.2) is 56.6 Å². The Bertz CT molecular complexity index is 201. The quantitative estimate of drug-likeness (QED) is 0.741. The topological polar surface area (TPSA) is 32.5 Å². The van der Waals surface area contributed by atoms with Gasteiger partial charge in [0.2, 0.25) is 0 Å². The number of rotatable bonds is 6. The van der Waals surface area contributed by atoms with E-state index in [1.165, 1.54) is 32.5 Å². The molecule has 1 aliphatic heterocycles. The number of hydrogen-bond donors (Lipinski definition) is 1. The minimum absolute atomic E-state index is 0.291. The highest BCUT2D eigenvalue weighted by molar-refractivity contribution is 4.80. The highest BCUT2D eigenvalue weighted by atomic mass is 15.2. The Labute approximate surface area is 101 Å². The van der Waals surface area contributed by atoms with E-state index in [1.807, 2.05) is 0 Å². The van der Waals surface area contributed by atoms with Crippen molar-refractivity contribution in [1.82, 2.24) is 9.80 Å². The lowest BCUT2D eigenvalue weighted by molar-refractivity contribution is 0.172. The van der Waals surface area contributed by atoms with Crippen molar-refractivity contribution in [2.75, 3.05) is 46.8 Å². The molecule has 2 N–H and O–H groups in total. The summed E-state index contributed by atoms with van der Waals surface area (Å²) in [4.78, 5) is 4.90. The van der Waals surface area contributed by atoms with Crippen LogP contribution in [-0.2, 0) is 0 Å². The number of nitrogens with zero attached hydrogens (tertiary/aromatic N) is 2. The molecule has 0 saturated carbocycles. The van der Waals surface area contributed by atoms with Gasteiger partial charge in [0.05, 0.1) is 0 Å². The Morgan fingerprint density at radius 2 is 2.19 bits per heavy atom. The first-order valence-corrected chi connectivity index (χ1v) is 6.56. The van der Waals surface area contributed by atoms with E-state index in [0.29, 0.717) is 5.41 Å². The standard InChI is InChI=1S/C13H29N3/c1-5-13(2,10-14)11-16(4)9-12-6-7-15(3)8-12/h12H,5-11,14H2,1-4H3. The van der Waals surface area contributed by atoms with Gasteiger partial charge in [0.15, 0.2) is 0 Å². The zero-order chi connectivity index (χ0) is 12.2. The molecule has 16 heavy (non-hydrogen) atoms. The van der Waals surface area contributed by atoms with Crippen molar-refractivity contribution in [3.8, 4) is 0 Å². The smallest absolute Gasteiger partial charge is 0.00444 e. The van der Waals surface area contributed by atoms with Gasteiger partial charge in [-0.05, 0) is 51.4 Å². The molecule has 3 nitrogen and oxygen atoms in total. The molecule has 1 rings (SSSR count). The molecule has 1 aliphatic rings. The van der Waals surface area contributed by atoms with Gasteiger partial charge in [0.25, 0.3) is 0 Å². The maximum atomic E-state index is 5.86. The van der Waals surface area contributed by atoms with E-state index in [2.05, 4.69) is 37.7 Å². The Morgan fingerprint density at radius 1 is 1.50 bits per heavy atom. The first-order chi connectivity index (χ1) is 7.49. The van der Waals surface area contributed by atoms with E-state index in [1.54, 1.807) is 0 Å². The molecular weight excluding hydrogens is 198 g/mol. The largest absolute Gasteiger partial charge is 0.330 e. The van der Waals surface area contributed by atoms with E-state index in [4.69, 9.17) is 5.73 Å². The predicted molar refractivity (Wildman–Crippen MR) is 70.6 cm³/mol. The molecule has 1 fully saturated rings. The second-order valence-corrected chi connectivity index (χ2v) is 5.98. The zero-order valence-corrected chi connectivity index (χ0v) is 11.5. The van der Waals surface area contributed by atoms with Crippen LogP contribution in [0.2, 0.25) is 0 Å². The fraction of sp³-hybridized carbons (Fsp3) is 1.00. The summed E-state index contributed by atoms with van der Waals surface area (Å²) in [7, 11) is 4.46. The molecule has 0 aromatic rings. The number of nitrogens with two attached hydrogens (primary N) is 1. The van der Waals surface area contributed by atoms with Crippen LogP contribution >= 0.6 is 0 Å². The van der Waals surface area contributed by atoms with Gasteiger partial charge in [-0.1, -0.05) is 13.8 Å². The van der Waals surface area contributed by atoms with Crippen molar-refractivity contribution in [3.05, 3.63) is 0 Å². The predicted octanol–water partition coefficient (Wildman–Crippen LogP) is 1.24. The van der Waals surface area contributed by atoms with Crippen LogP contribution in [0.3, 0.4) is 0 Å². The monoisotopic (exact) mass is 227 g/mol. The summed E-state index contributed by atoms with van der Waals surface area (Å²) in [6.07, 6.45) is 2.52. The van der Waals surface area contributed by atoms with Gasteiger partial charge in [-0.3, -0.25) is 0 Å². The van der Waals surface area contributed by atoms with Crippen molar-refractivity contribution in [2.45, 2.75) is 26.7 Å². The normalized spacial score (nSPS) is 26.2. The van der Waals surface area contributed by atoms with Gasteiger partial charge in [-0.15, -0.1) is 0 Å². The molecule has 0 amide bonds. The molecule has 1 heterocycles. The van der Waals surface area contributed by atoms with Crippen LogP contribution < -0.4 is 5.73 Å². The maximum absolute atomic E-state index is 5.86. The van der Waals surface area contributed by atoms with E-state index >= 15 is 0 Å². The van der Waals surface area contributed by atoms with Gasteiger partial charge in [-0.2, -0.15) is 0 Å². The molecule has 0 radical (unpaired) electrons. The molecule has 2 unspecified atom stereocenters. The molecule has 0 aliphatic carbocycles. The highest BCUT2D eigenvalue weighted by Gasteiger charge is 2.25. The molecule has 0 aromatic heterocycles. The zero-order valence-electron chi connectivity index (χ0n) is 11.5. The molecular formula is C13H29N3. The summed E-state index contributed by atoms with van der Waals surface area (Å²) in [6, 6.07) is 0. The Morgan fingerprint density at radius 3 is 2.62 bits per heavy atom. The molecule has 0 bridgehead atoms. The number of hydrogen-bond acceptors (Lipinski definition) is 3. The lowest BCUT2D eigenvalue weighted by Gasteiger charge is -2.33. The van der Waals surface area contributed by atoms with Crippen LogP contribution in [0.5, 0.6) is 0 Å².